The van der Waals surface area contributed by atoms with Crippen molar-refractivity contribution in [3.05, 3.63) is 17.8 Å². The molecule has 0 amide bonds. The molecule has 0 fully saturated rings. The van der Waals surface area contributed by atoms with E-state index in [0.29, 0.717) is 0 Å². The van der Waals surface area contributed by atoms with Crippen LogP contribution in [-0.4, -0.2) is 19.9 Å². The molecular weight excluding hydrogens is 176 g/mol. The largest absolute Gasteiger partial charge is 0.340 e. The Balaban J connectivity index is 0.000000293. The van der Waals surface area contributed by atoms with E-state index in [-0.39, 0.29) is 0 Å². The van der Waals surface area contributed by atoms with Crippen molar-refractivity contribution >= 4 is 11.2 Å². The van der Waals surface area contributed by atoms with Crippen molar-refractivity contribution in [2.45, 2.75) is 34.1 Å². The number of imidazole rings is 1. The molecule has 0 bridgehead atoms. The minimum atomic E-state index is 0.745. The molecule has 2 rings (SSSR count). The summed E-state index contributed by atoms with van der Waals surface area (Å²) >= 11 is 0. The first-order valence-corrected chi connectivity index (χ1v) is 4.83. The fourth-order valence-corrected chi connectivity index (χ4v) is 1.01. The smallest absolute Gasteiger partial charge is 0.181 e. The van der Waals surface area contributed by atoms with Crippen LogP contribution >= 0.6 is 0 Å². The predicted molar refractivity (Wildman–Crippen MR) is 57.1 cm³/mol. The van der Waals surface area contributed by atoms with Crippen LogP contribution in [0.15, 0.2) is 6.20 Å². The van der Waals surface area contributed by atoms with Gasteiger partial charge in [0.2, 0.25) is 0 Å². The summed E-state index contributed by atoms with van der Waals surface area (Å²) in [6.07, 6.45) is 3.00. The number of hydrogen-bond donors (Lipinski definition) is 1. The summed E-state index contributed by atoms with van der Waals surface area (Å²) < 4.78 is 0. The molecule has 0 aliphatic rings. The number of nitrogens with zero attached hydrogens (tertiary/aromatic N) is 3. The molecule has 0 atom stereocenters. The number of H-pyrrole nitrogens is 1. The van der Waals surface area contributed by atoms with Crippen molar-refractivity contribution < 1.29 is 0 Å². The van der Waals surface area contributed by atoms with Gasteiger partial charge in [-0.15, -0.1) is 0 Å². The minimum absolute atomic E-state index is 0.745. The summed E-state index contributed by atoms with van der Waals surface area (Å²) in [5, 5.41) is 0. The van der Waals surface area contributed by atoms with Crippen molar-refractivity contribution in [3.8, 4) is 0 Å². The lowest BCUT2D eigenvalue weighted by Crippen LogP contribution is -1.85. The van der Waals surface area contributed by atoms with Gasteiger partial charge in [-0.05, 0) is 13.8 Å². The highest BCUT2D eigenvalue weighted by Crippen LogP contribution is 2.05. The Labute approximate surface area is 83.8 Å². The number of aromatic nitrogens is 4. The number of aryl methyl sites for hydroxylation is 2. The molecule has 0 unspecified atom stereocenters. The summed E-state index contributed by atoms with van der Waals surface area (Å²) in [6, 6.07) is 0. The van der Waals surface area contributed by atoms with Crippen LogP contribution < -0.4 is 0 Å². The third kappa shape index (κ3) is 2.52. The third-order valence-corrected chi connectivity index (χ3v) is 1.48. The number of nitrogens with one attached hydrogen (secondary N) is 1. The number of aromatic amines is 1. The van der Waals surface area contributed by atoms with Gasteiger partial charge in [-0.1, -0.05) is 20.3 Å². The molecule has 0 aliphatic carbocycles. The van der Waals surface area contributed by atoms with Crippen LogP contribution in [0, 0.1) is 13.8 Å². The van der Waals surface area contributed by atoms with Crippen LogP contribution in [0.25, 0.3) is 11.2 Å². The highest BCUT2D eigenvalue weighted by Gasteiger charge is 1.99. The molecule has 2 heterocycles. The van der Waals surface area contributed by atoms with Gasteiger partial charge in [0.05, 0.1) is 6.20 Å². The molecule has 76 valence electrons. The highest BCUT2D eigenvalue weighted by molar-refractivity contribution is 5.68. The summed E-state index contributed by atoms with van der Waals surface area (Å²) in [5.74, 6) is 1.63. The molecular formula is C10H16N4. The molecule has 4 heteroatoms. The van der Waals surface area contributed by atoms with Crippen LogP contribution in [-0.2, 0) is 0 Å². The first kappa shape index (κ1) is 10.6. The fourth-order valence-electron chi connectivity index (χ4n) is 1.01. The molecule has 14 heavy (non-hydrogen) atoms. The lowest BCUT2D eigenvalue weighted by atomic mass is 10.5. The van der Waals surface area contributed by atoms with Crippen LogP contribution in [0.4, 0.5) is 0 Å². The first-order chi connectivity index (χ1) is 6.67. The normalized spacial score (nSPS) is 9.71. The van der Waals surface area contributed by atoms with Crippen molar-refractivity contribution in [1.29, 1.82) is 0 Å². The number of rotatable bonds is 0. The zero-order valence-corrected chi connectivity index (χ0v) is 9.13. The molecule has 4 nitrogen and oxygen atoms in total. The summed E-state index contributed by atoms with van der Waals surface area (Å²) in [6.45, 7) is 8.00. The molecule has 2 aromatic heterocycles. The van der Waals surface area contributed by atoms with E-state index in [1.807, 2.05) is 13.8 Å². The Hall–Kier alpha value is -1.45. The maximum Gasteiger partial charge on any atom is 0.181 e. The Morgan fingerprint density at radius 1 is 1.21 bits per heavy atom. The van der Waals surface area contributed by atoms with Crippen molar-refractivity contribution in [3.63, 3.8) is 0 Å². The van der Waals surface area contributed by atoms with E-state index >= 15 is 0 Å². The van der Waals surface area contributed by atoms with Gasteiger partial charge in [-0.2, -0.15) is 0 Å². The van der Waals surface area contributed by atoms with Crippen molar-refractivity contribution in [2.24, 2.45) is 0 Å². The topological polar surface area (TPSA) is 54.5 Å². The van der Waals surface area contributed by atoms with Gasteiger partial charge in [0.25, 0.3) is 0 Å². The fraction of sp³-hybridized carbons (Fsp3) is 0.500. The summed E-state index contributed by atoms with van der Waals surface area (Å²) in [7, 11) is 0. The molecule has 0 saturated carbocycles. The van der Waals surface area contributed by atoms with Gasteiger partial charge < -0.3 is 4.98 Å². The second-order valence-corrected chi connectivity index (χ2v) is 3.18. The maximum atomic E-state index is 4.17. The quantitative estimate of drug-likeness (QED) is 0.697. The van der Waals surface area contributed by atoms with Crippen molar-refractivity contribution in [2.75, 3.05) is 0 Å². The van der Waals surface area contributed by atoms with Gasteiger partial charge in [0, 0.05) is 0 Å². The van der Waals surface area contributed by atoms with Crippen LogP contribution in [0.5, 0.6) is 0 Å². The van der Waals surface area contributed by atoms with E-state index in [4.69, 9.17) is 0 Å². The molecule has 0 radical (unpaired) electrons. The Bertz CT molecular complexity index is 405. The molecule has 2 aromatic rings. The van der Waals surface area contributed by atoms with E-state index in [0.717, 1.165) is 22.8 Å². The number of fused-ring (bicyclic) bond motifs is 1. The van der Waals surface area contributed by atoms with E-state index < -0.39 is 0 Å². The van der Waals surface area contributed by atoms with Crippen LogP contribution in [0.2, 0.25) is 0 Å². The standard InChI is InChI=1S/C7H8N4.C3H8/c1-4-8-3-6-7(10-4)11-5(2)9-6;1-3-2/h3H,1-2H3,(H,8,9,10,11);3H2,1-2H3. The van der Waals surface area contributed by atoms with Gasteiger partial charge in [-0.3, -0.25) is 0 Å². The third-order valence-electron chi connectivity index (χ3n) is 1.48. The van der Waals surface area contributed by atoms with Gasteiger partial charge in [-0.25, -0.2) is 15.0 Å². The second kappa shape index (κ2) is 4.69. The Kier molecular flexibility index (Phi) is 3.56. The van der Waals surface area contributed by atoms with E-state index in [2.05, 4.69) is 33.8 Å². The molecule has 1 N–H and O–H groups in total. The lowest BCUT2D eigenvalue weighted by molar-refractivity contribution is 1.08. The zero-order valence-electron chi connectivity index (χ0n) is 9.13. The van der Waals surface area contributed by atoms with E-state index in [1.54, 1.807) is 6.20 Å². The minimum Gasteiger partial charge on any atom is -0.340 e. The zero-order chi connectivity index (χ0) is 10.6. The second-order valence-electron chi connectivity index (χ2n) is 3.18. The lowest BCUT2D eigenvalue weighted by Gasteiger charge is -1.87. The van der Waals surface area contributed by atoms with Crippen molar-refractivity contribution in [1.82, 2.24) is 19.9 Å². The molecule has 0 aliphatic heterocycles. The Morgan fingerprint density at radius 2 is 1.86 bits per heavy atom. The van der Waals surface area contributed by atoms with Gasteiger partial charge >= 0.3 is 0 Å². The average Bonchev–Trinajstić information content (AvgIpc) is 2.45. The van der Waals surface area contributed by atoms with E-state index in [1.165, 1.54) is 6.42 Å². The van der Waals surface area contributed by atoms with Crippen LogP contribution in [0.1, 0.15) is 31.9 Å². The first-order valence-electron chi connectivity index (χ1n) is 4.83. The molecule has 0 saturated heterocycles. The summed E-state index contributed by atoms with van der Waals surface area (Å²) in [4.78, 5) is 15.4. The maximum absolute atomic E-state index is 4.17. The van der Waals surface area contributed by atoms with Crippen LogP contribution in [0.3, 0.4) is 0 Å². The number of hydrogen-bond acceptors (Lipinski definition) is 3. The SMILES string of the molecule is CCC.Cc1ncc2[nH]c(C)nc2n1. The monoisotopic (exact) mass is 192 g/mol. The van der Waals surface area contributed by atoms with Gasteiger partial charge in [0.1, 0.15) is 17.2 Å². The van der Waals surface area contributed by atoms with Gasteiger partial charge in [0.15, 0.2) is 5.65 Å². The summed E-state index contributed by atoms with van der Waals surface area (Å²) in [5.41, 5.74) is 1.64. The average molecular weight is 192 g/mol. The Morgan fingerprint density at radius 3 is 2.50 bits per heavy atom. The molecule has 0 spiro atoms. The highest BCUT2D eigenvalue weighted by atomic mass is 15.0. The predicted octanol–water partition coefficient (Wildman–Crippen LogP) is 2.39. The van der Waals surface area contributed by atoms with E-state index in [9.17, 15) is 0 Å². The molecule has 0 aromatic carbocycles.